The molecule has 0 heterocycles. The topological polar surface area (TPSA) is 35.5 Å². The van der Waals surface area contributed by atoms with E-state index in [0.717, 1.165) is 19.3 Å². The highest BCUT2D eigenvalue weighted by molar-refractivity contribution is 7.54. The van der Waals surface area contributed by atoms with Gasteiger partial charge in [-0.05, 0) is 26.1 Å². The lowest BCUT2D eigenvalue weighted by Gasteiger charge is -2.23. The van der Waals surface area contributed by atoms with Crippen LogP contribution >= 0.6 is 7.60 Å². The van der Waals surface area contributed by atoms with Gasteiger partial charge in [0.05, 0.1) is 6.61 Å². The second-order valence-electron chi connectivity index (χ2n) is 4.52. The zero-order chi connectivity index (χ0) is 11.2. The Bertz CT molecular complexity index is 201. The molecule has 5 heteroatoms. The van der Waals surface area contributed by atoms with Gasteiger partial charge in [0.1, 0.15) is 0 Å². The predicted molar refractivity (Wildman–Crippen MR) is 63.4 cm³/mol. The Hall–Kier alpha value is 0.367. The first kappa shape index (κ1) is 14.4. The van der Waals surface area contributed by atoms with E-state index in [-0.39, 0.29) is 0 Å². The average Bonchev–Trinajstić information content (AvgIpc) is 1.93. The fourth-order valence-electron chi connectivity index (χ4n) is 1.11. The van der Waals surface area contributed by atoms with Gasteiger partial charge in [0.2, 0.25) is 0 Å². The molecule has 0 saturated heterocycles. The Morgan fingerprint density at radius 1 is 1.21 bits per heavy atom. The molecule has 0 spiro atoms. The van der Waals surface area contributed by atoms with Gasteiger partial charge in [-0.25, -0.2) is 0 Å². The van der Waals surface area contributed by atoms with Crippen molar-refractivity contribution in [2.75, 3.05) is 13.3 Å². The molecular formula is C9H23O3PSi. The largest absolute Gasteiger partial charge is 0.351 e. The summed E-state index contributed by atoms with van der Waals surface area (Å²) >= 11 is 0. The molecule has 0 saturated carbocycles. The minimum Gasteiger partial charge on any atom is -0.351 e. The van der Waals surface area contributed by atoms with Crippen molar-refractivity contribution in [3.05, 3.63) is 0 Å². The van der Waals surface area contributed by atoms with Gasteiger partial charge < -0.3 is 8.74 Å². The lowest BCUT2D eigenvalue weighted by Crippen LogP contribution is -2.24. The molecule has 0 aromatic heterocycles. The molecule has 1 unspecified atom stereocenters. The number of hydrogen-bond acceptors (Lipinski definition) is 3. The van der Waals surface area contributed by atoms with Gasteiger partial charge in [0, 0.05) is 6.66 Å². The number of unbranched alkanes of at least 4 members (excludes halogenated alkanes) is 2. The van der Waals surface area contributed by atoms with Crippen molar-refractivity contribution in [3.8, 4) is 0 Å². The van der Waals surface area contributed by atoms with Crippen molar-refractivity contribution >= 4 is 15.9 Å². The summed E-state index contributed by atoms with van der Waals surface area (Å²) in [5.74, 6) is 0. The third-order valence-corrected chi connectivity index (χ3v) is 5.68. The Balaban J connectivity index is 3.79. The molecule has 0 amide bonds. The molecule has 14 heavy (non-hydrogen) atoms. The van der Waals surface area contributed by atoms with E-state index in [1.54, 1.807) is 6.66 Å². The van der Waals surface area contributed by atoms with Crippen molar-refractivity contribution in [2.24, 2.45) is 0 Å². The van der Waals surface area contributed by atoms with Gasteiger partial charge in [-0.15, -0.1) is 0 Å². The zero-order valence-corrected chi connectivity index (χ0v) is 11.9. The van der Waals surface area contributed by atoms with Crippen LogP contribution in [-0.2, 0) is 13.3 Å². The van der Waals surface area contributed by atoms with E-state index in [9.17, 15) is 4.57 Å². The molecule has 0 aromatic rings. The molecule has 0 aromatic carbocycles. The van der Waals surface area contributed by atoms with Crippen LogP contribution in [0.2, 0.25) is 19.6 Å². The second kappa shape index (κ2) is 6.06. The summed E-state index contributed by atoms with van der Waals surface area (Å²) in [6, 6.07) is 0. The Morgan fingerprint density at radius 3 is 2.21 bits per heavy atom. The fourth-order valence-corrected chi connectivity index (χ4v) is 5.76. The third-order valence-electron chi connectivity index (χ3n) is 1.51. The SMILES string of the molecule is CCCCCOP(C)(=O)O[Si](C)(C)C. The van der Waals surface area contributed by atoms with Crippen molar-refractivity contribution < 1.29 is 13.3 Å². The first-order valence-corrected chi connectivity index (χ1v) is 10.6. The summed E-state index contributed by atoms with van der Waals surface area (Å²) in [5.41, 5.74) is 0. The Kier molecular flexibility index (Phi) is 6.22. The maximum Gasteiger partial charge on any atom is 0.318 e. The number of hydrogen-bond donors (Lipinski definition) is 0. The highest BCUT2D eigenvalue weighted by Gasteiger charge is 2.26. The summed E-state index contributed by atoms with van der Waals surface area (Å²) in [6.45, 7) is 10.3. The molecule has 0 N–H and O–H groups in total. The average molecular weight is 238 g/mol. The summed E-state index contributed by atoms with van der Waals surface area (Å²) < 4.78 is 22.5. The molecule has 0 bridgehead atoms. The molecule has 1 atom stereocenters. The predicted octanol–water partition coefficient (Wildman–Crippen LogP) is 3.87. The van der Waals surface area contributed by atoms with Crippen LogP contribution in [0.25, 0.3) is 0 Å². The summed E-state index contributed by atoms with van der Waals surface area (Å²) in [6.07, 6.45) is 3.22. The standard InChI is InChI=1S/C9H23O3PSi/c1-6-7-8-9-11-13(2,10)12-14(3,4)5/h6-9H2,1-5H3. The molecule has 0 radical (unpaired) electrons. The summed E-state index contributed by atoms with van der Waals surface area (Å²) in [4.78, 5) is 0. The van der Waals surface area contributed by atoms with Crippen molar-refractivity contribution in [1.29, 1.82) is 0 Å². The highest BCUT2D eigenvalue weighted by Crippen LogP contribution is 2.46. The van der Waals surface area contributed by atoms with Gasteiger partial charge in [-0.1, -0.05) is 19.8 Å². The summed E-state index contributed by atoms with van der Waals surface area (Å²) in [5, 5.41) is 0. The molecule has 3 nitrogen and oxygen atoms in total. The van der Waals surface area contributed by atoms with Crippen LogP contribution in [0, 0.1) is 0 Å². The molecule has 0 fully saturated rings. The lowest BCUT2D eigenvalue weighted by atomic mass is 10.3. The third kappa shape index (κ3) is 8.94. The smallest absolute Gasteiger partial charge is 0.318 e. The van der Waals surface area contributed by atoms with Crippen LogP contribution in [0.4, 0.5) is 0 Å². The fraction of sp³-hybridized carbons (Fsp3) is 1.00. The highest BCUT2D eigenvalue weighted by atomic mass is 31.2. The lowest BCUT2D eigenvalue weighted by molar-refractivity contribution is 0.262. The van der Waals surface area contributed by atoms with Gasteiger partial charge >= 0.3 is 7.60 Å². The van der Waals surface area contributed by atoms with E-state index >= 15 is 0 Å². The van der Waals surface area contributed by atoms with Gasteiger partial charge in [-0.3, -0.25) is 4.57 Å². The maximum absolute atomic E-state index is 11.8. The first-order valence-electron chi connectivity index (χ1n) is 5.19. The first-order chi connectivity index (χ1) is 6.27. The van der Waals surface area contributed by atoms with Crippen LogP contribution in [0.15, 0.2) is 0 Å². The Labute approximate surface area is 88.9 Å². The van der Waals surface area contributed by atoms with Gasteiger partial charge in [0.25, 0.3) is 0 Å². The molecule has 0 aliphatic rings. The molecule has 86 valence electrons. The minimum atomic E-state index is -2.79. The van der Waals surface area contributed by atoms with Gasteiger partial charge in [-0.2, -0.15) is 0 Å². The normalized spacial score (nSPS) is 16.6. The van der Waals surface area contributed by atoms with E-state index < -0.39 is 15.9 Å². The van der Waals surface area contributed by atoms with Crippen LogP contribution in [0.1, 0.15) is 26.2 Å². The number of rotatable bonds is 7. The second-order valence-corrected chi connectivity index (χ2v) is 11.3. The van der Waals surface area contributed by atoms with Crippen LogP contribution in [-0.4, -0.2) is 21.6 Å². The summed E-state index contributed by atoms with van der Waals surface area (Å²) in [7, 11) is -4.54. The Morgan fingerprint density at radius 2 is 1.79 bits per heavy atom. The van der Waals surface area contributed by atoms with Crippen LogP contribution < -0.4 is 0 Å². The van der Waals surface area contributed by atoms with Crippen LogP contribution in [0.3, 0.4) is 0 Å². The van der Waals surface area contributed by atoms with Gasteiger partial charge in [0.15, 0.2) is 8.32 Å². The maximum atomic E-state index is 11.8. The van der Waals surface area contributed by atoms with E-state index in [2.05, 4.69) is 6.92 Å². The van der Waals surface area contributed by atoms with E-state index in [1.807, 2.05) is 19.6 Å². The molecule has 0 rings (SSSR count). The van der Waals surface area contributed by atoms with E-state index in [1.165, 1.54) is 0 Å². The quantitative estimate of drug-likeness (QED) is 0.384. The van der Waals surface area contributed by atoms with Crippen molar-refractivity contribution in [1.82, 2.24) is 0 Å². The van der Waals surface area contributed by atoms with Crippen molar-refractivity contribution in [2.45, 2.75) is 45.8 Å². The molecule has 0 aliphatic heterocycles. The van der Waals surface area contributed by atoms with Crippen LogP contribution in [0.5, 0.6) is 0 Å². The zero-order valence-electron chi connectivity index (χ0n) is 10.0. The molecule has 0 aliphatic carbocycles. The minimum absolute atomic E-state index is 0.548. The van der Waals surface area contributed by atoms with E-state index in [4.69, 9.17) is 8.74 Å². The monoisotopic (exact) mass is 238 g/mol. The van der Waals surface area contributed by atoms with Crippen molar-refractivity contribution in [3.63, 3.8) is 0 Å². The molecular weight excluding hydrogens is 215 g/mol. The van der Waals surface area contributed by atoms with E-state index in [0.29, 0.717) is 6.61 Å².